The van der Waals surface area contributed by atoms with E-state index in [4.69, 9.17) is 0 Å². The van der Waals surface area contributed by atoms with Gasteiger partial charge in [0.1, 0.15) is 0 Å². The average Bonchev–Trinajstić information content (AvgIpc) is 3.10. The summed E-state index contributed by atoms with van der Waals surface area (Å²) in [5.74, 6) is 0.0912. The van der Waals surface area contributed by atoms with Gasteiger partial charge in [-0.1, -0.05) is 24.3 Å². The molecule has 128 valence electrons. The number of amides is 1. The highest BCUT2D eigenvalue weighted by Crippen LogP contribution is 2.19. The van der Waals surface area contributed by atoms with Crippen molar-refractivity contribution in [3.63, 3.8) is 0 Å². The van der Waals surface area contributed by atoms with Crippen LogP contribution < -0.4 is 10.2 Å². The van der Waals surface area contributed by atoms with E-state index < -0.39 is 0 Å². The SMILES string of the molecule is Cc1ccccc1[C@@H](C)NC(=O)CN1CCN(c2nccs2)CC1. The topological polar surface area (TPSA) is 48.5 Å². The van der Waals surface area contributed by atoms with Gasteiger partial charge in [0.15, 0.2) is 5.13 Å². The Labute approximate surface area is 147 Å². The second-order valence-corrected chi connectivity index (χ2v) is 7.10. The summed E-state index contributed by atoms with van der Waals surface area (Å²) >= 11 is 1.67. The van der Waals surface area contributed by atoms with Gasteiger partial charge in [-0.2, -0.15) is 0 Å². The first kappa shape index (κ1) is 16.9. The van der Waals surface area contributed by atoms with Gasteiger partial charge in [-0.15, -0.1) is 11.3 Å². The molecule has 0 aliphatic carbocycles. The lowest BCUT2D eigenvalue weighted by Gasteiger charge is -2.34. The molecule has 0 unspecified atom stereocenters. The minimum absolute atomic E-state index is 0.0373. The van der Waals surface area contributed by atoms with Gasteiger partial charge >= 0.3 is 0 Å². The van der Waals surface area contributed by atoms with E-state index >= 15 is 0 Å². The highest BCUT2D eigenvalue weighted by atomic mass is 32.1. The molecule has 1 saturated heterocycles. The largest absolute Gasteiger partial charge is 0.348 e. The smallest absolute Gasteiger partial charge is 0.234 e. The Balaban J connectivity index is 1.47. The normalized spacial score (nSPS) is 16.8. The minimum Gasteiger partial charge on any atom is -0.348 e. The van der Waals surface area contributed by atoms with E-state index in [1.165, 1.54) is 11.1 Å². The molecule has 0 spiro atoms. The maximum absolute atomic E-state index is 12.3. The molecule has 1 aliphatic rings. The van der Waals surface area contributed by atoms with Crippen molar-refractivity contribution in [2.24, 2.45) is 0 Å². The Hall–Kier alpha value is -1.92. The number of thiazole rings is 1. The molecule has 5 nitrogen and oxygen atoms in total. The van der Waals surface area contributed by atoms with Crippen LogP contribution in [0.25, 0.3) is 0 Å². The lowest BCUT2D eigenvalue weighted by molar-refractivity contribution is -0.123. The maximum Gasteiger partial charge on any atom is 0.234 e. The molecule has 1 fully saturated rings. The minimum atomic E-state index is 0.0373. The molecule has 2 aromatic rings. The molecule has 1 amide bonds. The summed E-state index contributed by atoms with van der Waals surface area (Å²) in [7, 11) is 0. The number of nitrogens with zero attached hydrogens (tertiary/aromatic N) is 3. The number of benzene rings is 1. The van der Waals surface area contributed by atoms with Gasteiger partial charge in [0.25, 0.3) is 0 Å². The monoisotopic (exact) mass is 344 g/mol. The Bertz CT molecular complexity index is 665. The maximum atomic E-state index is 12.3. The predicted molar refractivity (Wildman–Crippen MR) is 98.5 cm³/mol. The Morgan fingerprint density at radius 3 is 2.71 bits per heavy atom. The molecule has 1 N–H and O–H groups in total. The third-order valence-corrected chi connectivity index (χ3v) is 5.29. The first-order valence-corrected chi connectivity index (χ1v) is 9.23. The lowest BCUT2D eigenvalue weighted by atomic mass is 10.0. The van der Waals surface area contributed by atoms with Gasteiger partial charge in [-0.3, -0.25) is 9.69 Å². The van der Waals surface area contributed by atoms with E-state index in [2.05, 4.69) is 39.2 Å². The molecular weight excluding hydrogens is 320 g/mol. The van der Waals surface area contributed by atoms with Crippen LogP contribution in [0, 0.1) is 6.92 Å². The molecule has 1 aromatic carbocycles. The van der Waals surface area contributed by atoms with Gasteiger partial charge in [-0.05, 0) is 25.0 Å². The Kier molecular flexibility index (Phi) is 5.48. The highest BCUT2D eigenvalue weighted by Gasteiger charge is 2.21. The van der Waals surface area contributed by atoms with Crippen LogP contribution in [0.15, 0.2) is 35.8 Å². The van der Waals surface area contributed by atoms with Crippen molar-refractivity contribution in [2.75, 3.05) is 37.6 Å². The Morgan fingerprint density at radius 1 is 1.29 bits per heavy atom. The van der Waals surface area contributed by atoms with Crippen molar-refractivity contribution in [3.8, 4) is 0 Å². The molecule has 2 heterocycles. The van der Waals surface area contributed by atoms with Crippen LogP contribution in [-0.4, -0.2) is 48.5 Å². The van der Waals surface area contributed by atoms with Crippen LogP contribution in [0.3, 0.4) is 0 Å². The number of aryl methyl sites for hydroxylation is 1. The number of hydrogen-bond acceptors (Lipinski definition) is 5. The van der Waals surface area contributed by atoms with Crippen LogP contribution >= 0.6 is 11.3 Å². The van der Waals surface area contributed by atoms with E-state index in [0.29, 0.717) is 6.54 Å². The fourth-order valence-corrected chi connectivity index (χ4v) is 3.81. The molecule has 6 heteroatoms. The van der Waals surface area contributed by atoms with E-state index in [9.17, 15) is 4.79 Å². The van der Waals surface area contributed by atoms with E-state index in [-0.39, 0.29) is 11.9 Å². The van der Waals surface area contributed by atoms with E-state index in [0.717, 1.165) is 31.3 Å². The third kappa shape index (κ3) is 4.13. The summed E-state index contributed by atoms with van der Waals surface area (Å²) in [6, 6.07) is 8.23. The highest BCUT2D eigenvalue weighted by molar-refractivity contribution is 7.13. The first-order chi connectivity index (χ1) is 11.6. The molecule has 0 bridgehead atoms. The standard InChI is InChI=1S/C18H24N4OS/c1-14-5-3-4-6-16(14)15(2)20-17(23)13-21-8-10-22(11-9-21)18-19-7-12-24-18/h3-7,12,15H,8-11,13H2,1-2H3,(H,20,23)/t15-/m1/s1. The number of carbonyl (C=O) groups excluding carboxylic acids is 1. The number of nitrogens with one attached hydrogen (secondary N) is 1. The van der Waals surface area contributed by atoms with E-state index in [1.54, 1.807) is 11.3 Å². The average molecular weight is 344 g/mol. The fourth-order valence-electron chi connectivity index (χ4n) is 3.11. The van der Waals surface area contributed by atoms with Gasteiger partial charge < -0.3 is 10.2 Å². The molecule has 0 radical (unpaired) electrons. The number of rotatable bonds is 5. The zero-order chi connectivity index (χ0) is 16.9. The number of hydrogen-bond donors (Lipinski definition) is 1. The van der Waals surface area contributed by atoms with Crippen LogP contribution in [0.5, 0.6) is 0 Å². The molecule has 1 aromatic heterocycles. The van der Waals surface area contributed by atoms with E-state index in [1.807, 2.05) is 30.6 Å². The van der Waals surface area contributed by atoms with Crippen molar-refractivity contribution < 1.29 is 4.79 Å². The summed E-state index contributed by atoms with van der Waals surface area (Å²) in [4.78, 5) is 21.2. The summed E-state index contributed by atoms with van der Waals surface area (Å²) in [5, 5.41) is 6.20. The molecule has 24 heavy (non-hydrogen) atoms. The second-order valence-electron chi connectivity index (χ2n) is 6.22. The van der Waals surface area contributed by atoms with Gasteiger partial charge in [-0.25, -0.2) is 4.98 Å². The molecule has 1 aliphatic heterocycles. The van der Waals surface area contributed by atoms with Crippen LogP contribution in [0.1, 0.15) is 24.1 Å². The fraction of sp³-hybridized carbons (Fsp3) is 0.444. The Morgan fingerprint density at radius 2 is 2.04 bits per heavy atom. The van der Waals surface area contributed by atoms with Crippen molar-refractivity contribution in [1.82, 2.24) is 15.2 Å². The zero-order valence-electron chi connectivity index (χ0n) is 14.2. The van der Waals surface area contributed by atoms with Crippen molar-refractivity contribution in [2.45, 2.75) is 19.9 Å². The third-order valence-electron chi connectivity index (χ3n) is 4.46. The first-order valence-electron chi connectivity index (χ1n) is 8.35. The van der Waals surface area contributed by atoms with Crippen molar-refractivity contribution in [3.05, 3.63) is 47.0 Å². The summed E-state index contributed by atoms with van der Waals surface area (Å²) in [5.41, 5.74) is 2.39. The number of aromatic nitrogens is 1. The van der Waals surface area contributed by atoms with Gasteiger partial charge in [0.2, 0.25) is 5.91 Å². The van der Waals surface area contributed by atoms with Crippen LogP contribution in [0.2, 0.25) is 0 Å². The van der Waals surface area contributed by atoms with Crippen LogP contribution in [0.4, 0.5) is 5.13 Å². The summed E-state index contributed by atoms with van der Waals surface area (Å²) in [6.45, 7) is 8.22. The molecular formula is C18H24N4OS. The summed E-state index contributed by atoms with van der Waals surface area (Å²) < 4.78 is 0. The number of anilines is 1. The van der Waals surface area contributed by atoms with Gasteiger partial charge in [0, 0.05) is 37.8 Å². The zero-order valence-corrected chi connectivity index (χ0v) is 15.1. The van der Waals surface area contributed by atoms with Crippen molar-refractivity contribution in [1.29, 1.82) is 0 Å². The predicted octanol–water partition coefficient (Wildman–Crippen LogP) is 2.45. The molecule has 0 saturated carbocycles. The van der Waals surface area contributed by atoms with Gasteiger partial charge in [0.05, 0.1) is 12.6 Å². The second kappa shape index (κ2) is 7.77. The van der Waals surface area contributed by atoms with Crippen molar-refractivity contribution >= 4 is 22.4 Å². The quantitative estimate of drug-likeness (QED) is 0.905. The molecule has 1 atom stereocenters. The summed E-state index contributed by atoms with van der Waals surface area (Å²) in [6.07, 6.45) is 1.84. The molecule has 3 rings (SSSR count). The number of piperazine rings is 1. The number of carbonyl (C=O) groups is 1. The lowest BCUT2D eigenvalue weighted by Crippen LogP contribution is -2.49. The van der Waals surface area contributed by atoms with Crippen LogP contribution in [-0.2, 0) is 4.79 Å².